The lowest BCUT2D eigenvalue weighted by Gasteiger charge is -2.34. The zero-order valence-electron chi connectivity index (χ0n) is 23.0. The van der Waals surface area contributed by atoms with Crippen molar-refractivity contribution in [3.63, 3.8) is 0 Å². The minimum atomic E-state index is -2.35. The van der Waals surface area contributed by atoms with Crippen LogP contribution in [0.3, 0.4) is 0 Å². The van der Waals surface area contributed by atoms with Crippen LogP contribution in [0.4, 0.5) is 0 Å². The summed E-state index contributed by atoms with van der Waals surface area (Å²) >= 11 is 0. The molecule has 18 nitrogen and oxygen atoms in total. The smallest absolute Gasteiger partial charge is 0.334 e. The van der Waals surface area contributed by atoms with E-state index in [0.29, 0.717) is 0 Å². The van der Waals surface area contributed by atoms with Gasteiger partial charge in [-0.3, -0.25) is 19.2 Å². The number of ether oxygens (including phenoxy) is 4. The van der Waals surface area contributed by atoms with E-state index in [9.17, 15) is 48.6 Å². The number of hydrogen-bond donors (Lipinski definition) is 6. The lowest BCUT2D eigenvalue weighted by molar-refractivity contribution is -0.198. The maximum atomic E-state index is 12.7. The van der Waals surface area contributed by atoms with Gasteiger partial charge >= 0.3 is 47.8 Å². The van der Waals surface area contributed by atoms with Crippen molar-refractivity contribution in [3.05, 3.63) is 48.6 Å². The van der Waals surface area contributed by atoms with Gasteiger partial charge in [-0.2, -0.15) is 0 Å². The lowest BCUT2D eigenvalue weighted by Crippen LogP contribution is -2.53. The summed E-state index contributed by atoms with van der Waals surface area (Å²) < 4.78 is 20.1. The molecule has 0 aliphatic heterocycles. The normalized spacial score (nSPS) is 13.0. The predicted molar refractivity (Wildman–Crippen MR) is 139 cm³/mol. The van der Waals surface area contributed by atoms with Gasteiger partial charge in [-0.1, -0.05) is 26.3 Å². The summed E-state index contributed by atoms with van der Waals surface area (Å²) in [5.74, 6) is -12.2. The van der Waals surface area contributed by atoms with Crippen LogP contribution < -0.4 is 0 Å². The Morgan fingerprint density at radius 3 is 1.18 bits per heavy atom. The van der Waals surface area contributed by atoms with E-state index in [1.54, 1.807) is 0 Å². The first-order chi connectivity index (χ1) is 20.3. The number of hydrogen-bond acceptors (Lipinski definition) is 14. The average Bonchev–Trinajstić information content (AvgIpc) is 2.90. The highest BCUT2D eigenvalue weighted by Crippen LogP contribution is 2.22. The van der Waals surface area contributed by atoms with E-state index in [4.69, 9.17) is 39.4 Å². The first kappa shape index (κ1) is 38.6. The van der Waals surface area contributed by atoms with Crippen LogP contribution in [0.15, 0.2) is 48.6 Å². The quantitative estimate of drug-likeness (QED) is 0.0490. The number of aliphatic hydroxyl groups is 2. The molecular formula is C26H30O18. The molecule has 0 aliphatic carbocycles. The molecule has 0 radical (unpaired) electrons. The van der Waals surface area contributed by atoms with E-state index in [1.165, 1.54) is 0 Å². The van der Waals surface area contributed by atoms with Crippen molar-refractivity contribution in [3.8, 4) is 0 Å². The van der Waals surface area contributed by atoms with Crippen molar-refractivity contribution in [1.29, 1.82) is 0 Å². The minimum absolute atomic E-state index is 0.635. The third-order valence-electron chi connectivity index (χ3n) is 4.99. The van der Waals surface area contributed by atoms with Crippen LogP contribution in [0.25, 0.3) is 0 Å². The highest BCUT2D eigenvalue weighted by molar-refractivity contribution is 5.95. The second-order valence-corrected chi connectivity index (χ2v) is 8.73. The maximum Gasteiger partial charge on any atom is 0.334 e. The molecule has 0 heterocycles. The number of carboxylic acids is 4. The molecule has 0 saturated carbocycles. The summed E-state index contributed by atoms with van der Waals surface area (Å²) in [6, 6.07) is 0. The molecule has 4 atom stereocenters. The second-order valence-electron chi connectivity index (χ2n) is 8.73. The fourth-order valence-corrected chi connectivity index (χ4v) is 2.93. The molecule has 0 aliphatic rings. The van der Waals surface area contributed by atoms with Gasteiger partial charge in [0.05, 0.1) is 32.3 Å². The molecular weight excluding hydrogens is 600 g/mol. The Morgan fingerprint density at radius 1 is 0.523 bits per heavy atom. The summed E-state index contributed by atoms with van der Waals surface area (Å²) in [6.07, 6.45) is -13.0. The highest BCUT2D eigenvalue weighted by Gasteiger charge is 2.44. The number of aliphatic hydroxyl groups excluding tert-OH is 2. The van der Waals surface area contributed by atoms with Crippen molar-refractivity contribution in [2.45, 2.75) is 50.1 Å². The average molecular weight is 631 g/mol. The van der Waals surface area contributed by atoms with Gasteiger partial charge in [0.15, 0.2) is 18.3 Å². The molecule has 0 aromatic rings. The Morgan fingerprint density at radius 2 is 0.841 bits per heavy atom. The zero-order chi connectivity index (χ0) is 34.3. The first-order valence-electron chi connectivity index (χ1n) is 12.0. The van der Waals surface area contributed by atoms with Gasteiger partial charge in [-0.15, -0.1) is 0 Å². The molecule has 18 heteroatoms. The number of carbonyl (C=O) groups excluding carboxylic acids is 4. The summed E-state index contributed by atoms with van der Waals surface area (Å²) in [4.78, 5) is 94.2. The Bertz CT molecular complexity index is 1230. The number of esters is 4. The fraction of sp³-hybridized carbons (Fsp3) is 0.385. The molecule has 242 valence electrons. The zero-order valence-corrected chi connectivity index (χ0v) is 23.0. The minimum Gasteiger partial charge on any atom is -0.481 e. The molecule has 0 spiro atoms. The van der Waals surface area contributed by atoms with Gasteiger partial charge in [-0.05, 0) is 0 Å². The lowest BCUT2D eigenvalue weighted by atomic mass is 10.0. The Kier molecular flexibility index (Phi) is 16.0. The fourth-order valence-electron chi connectivity index (χ4n) is 2.93. The van der Waals surface area contributed by atoms with Crippen molar-refractivity contribution in [1.82, 2.24) is 0 Å². The van der Waals surface area contributed by atoms with Crippen LogP contribution in [-0.4, -0.2) is 116 Å². The summed E-state index contributed by atoms with van der Waals surface area (Å²) in [5, 5.41) is 55.8. The third kappa shape index (κ3) is 14.0. The molecule has 0 bridgehead atoms. The topological polar surface area (TPSA) is 295 Å². The van der Waals surface area contributed by atoms with E-state index < -0.39 is 133 Å². The predicted octanol–water partition coefficient (Wildman–Crippen LogP) is -1.26. The Balaban J connectivity index is 6.88. The molecule has 0 saturated heterocycles. The molecule has 44 heavy (non-hydrogen) atoms. The van der Waals surface area contributed by atoms with Gasteiger partial charge in [0.25, 0.3) is 0 Å². The van der Waals surface area contributed by atoms with Crippen molar-refractivity contribution < 1.29 is 87.9 Å². The molecule has 6 N–H and O–H groups in total. The molecule has 0 rings (SSSR count). The Hall–Kier alpha value is -5.36. The maximum absolute atomic E-state index is 12.7. The number of carbonyl (C=O) groups is 8. The third-order valence-corrected chi connectivity index (χ3v) is 4.99. The van der Waals surface area contributed by atoms with Gasteiger partial charge in [0, 0.05) is 22.3 Å². The Labute approximate surface area is 248 Å². The van der Waals surface area contributed by atoms with Crippen LogP contribution in [-0.2, 0) is 57.3 Å². The number of aliphatic carboxylic acids is 4. The number of carboxylic acid groups (broad SMARTS) is 4. The van der Waals surface area contributed by atoms with Crippen LogP contribution in [0, 0.1) is 0 Å². The van der Waals surface area contributed by atoms with Gasteiger partial charge < -0.3 is 49.6 Å². The van der Waals surface area contributed by atoms with E-state index in [-0.39, 0.29) is 0 Å². The van der Waals surface area contributed by atoms with E-state index in [1.807, 2.05) is 0 Å². The number of rotatable bonds is 21. The van der Waals surface area contributed by atoms with E-state index in [2.05, 4.69) is 26.3 Å². The van der Waals surface area contributed by atoms with Gasteiger partial charge in [-0.25, -0.2) is 19.2 Å². The van der Waals surface area contributed by atoms with E-state index in [0.717, 1.165) is 0 Å². The van der Waals surface area contributed by atoms with Crippen molar-refractivity contribution >= 4 is 47.8 Å². The van der Waals surface area contributed by atoms with Crippen LogP contribution >= 0.6 is 0 Å². The van der Waals surface area contributed by atoms with E-state index >= 15 is 0 Å². The molecule has 0 aromatic carbocycles. The molecule has 0 fully saturated rings. The highest BCUT2D eigenvalue weighted by atomic mass is 16.6. The molecule has 0 amide bonds. The van der Waals surface area contributed by atoms with Crippen LogP contribution in [0.2, 0.25) is 0 Å². The monoisotopic (exact) mass is 630 g/mol. The van der Waals surface area contributed by atoms with Gasteiger partial charge in [0.2, 0.25) is 0 Å². The van der Waals surface area contributed by atoms with Crippen molar-refractivity contribution in [2.24, 2.45) is 0 Å². The largest absolute Gasteiger partial charge is 0.481 e. The van der Waals surface area contributed by atoms with Gasteiger partial charge in [0.1, 0.15) is 12.7 Å². The van der Waals surface area contributed by atoms with Crippen LogP contribution in [0.5, 0.6) is 0 Å². The van der Waals surface area contributed by atoms with Crippen molar-refractivity contribution in [2.75, 3.05) is 13.2 Å². The standard InChI is InChI=1S/C26H30O18/c1-11(5-17(29)30)23(37)41-10-16(42-24(38)12(2)6-18(31)32)22(44-26(40)14(4)8-20(35)36)21(15(28)9-27)43-25(39)13(3)7-19(33)34/h15-16,21-22,27-28H,1-10H2,(H,29,30)(H,31,32)(H,33,34)(H,35,36)/t15-,16+,21-,22-/m1/s1. The molecule has 0 unspecified atom stereocenters. The summed E-state index contributed by atoms with van der Waals surface area (Å²) in [7, 11) is 0. The summed E-state index contributed by atoms with van der Waals surface area (Å²) in [5.41, 5.74) is -2.85. The van der Waals surface area contributed by atoms with Crippen LogP contribution in [0.1, 0.15) is 25.7 Å². The summed E-state index contributed by atoms with van der Waals surface area (Å²) in [6.45, 7) is 10.3. The first-order valence-corrected chi connectivity index (χ1v) is 12.0. The SMILES string of the molecule is C=C(CC(=O)O)C(=O)OC[C@H](OC(=O)C(=C)CC(=O)O)[C@@H](OC(=O)C(=C)CC(=O)O)[C@H](OC(=O)C(=C)CC(=O)O)[C@H](O)CO. The second kappa shape index (κ2) is 18.2. The molecule has 0 aromatic heterocycles.